The lowest BCUT2D eigenvalue weighted by Crippen LogP contribution is -2.43. The summed E-state index contributed by atoms with van der Waals surface area (Å²) < 4.78 is 30.1. The van der Waals surface area contributed by atoms with Crippen molar-refractivity contribution in [2.75, 3.05) is 21.3 Å². The zero-order valence-electron chi connectivity index (χ0n) is 17.3. The molecule has 1 atom stereocenters. The predicted molar refractivity (Wildman–Crippen MR) is 114 cm³/mol. The first-order valence-corrected chi connectivity index (χ1v) is 10.8. The van der Waals surface area contributed by atoms with Crippen molar-refractivity contribution in [2.24, 2.45) is 0 Å². The number of hydrogen-bond acceptors (Lipinski definition) is 6. The Morgan fingerprint density at radius 1 is 1.10 bits per heavy atom. The van der Waals surface area contributed by atoms with Crippen LogP contribution >= 0.6 is 0 Å². The van der Waals surface area contributed by atoms with Gasteiger partial charge in [0, 0.05) is 36.1 Å². The fraction of sp³-hybridized carbons (Fsp3) is 0.238. The second-order valence-electron chi connectivity index (χ2n) is 6.73. The van der Waals surface area contributed by atoms with Crippen LogP contribution in [0.2, 0.25) is 0 Å². The van der Waals surface area contributed by atoms with Crippen LogP contribution in [0.25, 0.3) is 10.9 Å². The lowest BCUT2D eigenvalue weighted by molar-refractivity contribution is -0.142. The van der Waals surface area contributed by atoms with Gasteiger partial charge in [0.2, 0.25) is 0 Å². The molecule has 0 unspecified atom stereocenters. The second-order valence-corrected chi connectivity index (χ2v) is 8.67. The minimum Gasteiger partial charge on any atom is -0.467 e. The minimum absolute atomic E-state index is 0.0308. The zero-order valence-corrected chi connectivity index (χ0v) is 18.1. The van der Waals surface area contributed by atoms with Gasteiger partial charge in [-0.25, -0.2) is 13.2 Å². The summed E-state index contributed by atoms with van der Waals surface area (Å²) in [6.07, 6.45) is 2.02. The summed E-state index contributed by atoms with van der Waals surface area (Å²) in [7, 11) is -0.0709. The van der Waals surface area contributed by atoms with Gasteiger partial charge in [-0.2, -0.15) is 0 Å². The first-order valence-electron chi connectivity index (χ1n) is 9.34. The molecule has 9 nitrogen and oxygen atoms in total. The number of nitrogens with one attached hydrogen (secondary N) is 2. The smallest absolute Gasteiger partial charge is 0.328 e. The van der Waals surface area contributed by atoms with Crippen molar-refractivity contribution in [1.82, 2.24) is 14.8 Å². The van der Waals surface area contributed by atoms with Gasteiger partial charge in [-0.3, -0.25) is 9.63 Å². The van der Waals surface area contributed by atoms with Crippen LogP contribution < -0.4 is 5.32 Å². The summed E-state index contributed by atoms with van der Waals surface area (Å²) in [5.74, 6) is -1.11. The van der Waals surface area contributed by atoms with E-state index in [1.165, 1.54) is 45.5 Å². The third-order valence-corrected chi connectivity index (χ3v) is 6.59. The van der Waals surface area contributed by atoms with Gasteiger partial charge in [0.15, 0.2) is 0 Å². The van der Waals surface area contributed by atoms with E-state index in [1.54, 1.807) is 6.20 Å². The molecule has 0 radical (unpaired) electrons. The molecule has 0 aliphatic heterocycles. The first-order chi connectivity index (χ1) is 14.8. The molecule has 0 spiro atoms. The van der Waals surface area contributed by atoms with Crippen molar-refractivity contribution in [3.63, 3.8) is 0 Å². The molecule has 0 saturated carbocycles. The van der Waals surface area contributed by atoms with E-state index >= 15 is 0 Å². The van der Waals surface area contributed by atoms with Gasteiger partial charge >= 0.3 is 5.97 Å². The number of methoxy groups -OCH3 is 1. The molecule has 0 bridgehead atoms. The maximum absolute atomic E-state index is 12.7. The Morgan fingerprint density at radius 2 is 1.77 bits per heavy atom. The highest BCUT2D eigenvalue weighted by molar-refractivity contribution is 7.89. The van der Waals surface area contributed by atoms with E-state index < -0.39 is 27.9 Å². The maximum atomic E-state index is 12.7. The SMILES string of the molecule is COC(=O)[C@@H](Cc1c[nH]c2ccccc12)NC(=O)c1ccc(S(=O)(=O)N(C)OC)cc1. The van der Waals surface area contributed by atoms with E-state index in [-0.39, 0.29) is 16.9 Å². The Labute approximate surface area is 180 Å². The Hall–Kier alpha value is -3.21. The van der Waals surface area contributed by atoms with E-state index in [9.17, 15) is 18.0 Å². The standard InChI is InChI=1S/C21H23N3O6S/c1-24(30-3)31(27,28)16-10-8-14(9-11-16)20(25)23-19(21(26)29-2)12-15-13-22-18-7-5-4-6-17(15)18/h4-11,13,19,22H,12H2,1-3H3,(H,23,25)/t19-/m1/s1. The highest BCUT2D eigenvalue weighted by Gasteiger charge is 2.25. The van der Waals surface area contributed by atoms with Gasteiger partial charge in [-0.05, 0) is 35.9 Å². The molecule has 1 aromatic heterocycles. The largest absolute Gasteiger partial charge is 0.467 e. The van der Waals surface area contributed by atoms with Gasteiger partial charge in [0.05, 0.1) is 19.1 Å². The molecule has 0 aliphatic rings. The number of para-hydroxylation sites is 1. The van der Waals surface area contributed by atoms with Crippen LogP contribution in [0, 0.1) is 0 Å². The number of rotatable bonds is 8. The van der Waals surface area contributed by atoms with Crippen LogP contribution in [0.1, 0.15) is 15.9 Å². The summed E-state index contributed by atoms with van der Waals surface area (Å²) in [4.78, 5) is 32.8. The Bertz CT molecular complexity index is 1190. The van der Waals surface area contributed by atoms with Crippen LogP contribution in [0.3, 0.4) is 0 Å². The fourth-order valence-corrected chi connectivity index (χ4v) is 4.10. The summed E-state index contributed by atoms with van der Waals surface area (Å²) >= 11 is 0. The third kappa shape index (κ3) is 4.76. The number of amides is 1. The number of aromatic nitrogens is 1. The predicted octanol–water partition coefficient (Wildman–Crippen LogP) is 1.86. The normalized spacial score (nSPS) is 12.6. The molecule has 3 rings (SSSR count). The van der Waals surface area contributed by atoms with E-state index in [0.29, 0.717) is 0 Å². The molecule has 1 heterocycles. The molecule has 0 saturated heterocycles. The molecule has 0 fully saturated rings. The Kier molecular flexibility index (Phi) is 6.74. The number of H-pyrrole nitrogens is 1. The minimum atomic E-state index is -3.83. The van der Waals surface area contributed by atoms with E-state index in [2.05, 4.69) is 10.3 Å². The number of benzene rings is 2. The molecular weight excluding hydrogens is 422 g/mol. The Morgan fingerprint density at radius 3 is 2.42 bits per heavy atom. The number of hydroxylamine groups is 1. The number of aromatic amines is 1. The average Bonchev–Trinajstić information content (AvgIpc) is 3.20. The number of esters is 1. The van der Waals surface area contributed by atoms with Crippen LogP contribution in [0.15, 0.2) is 59.6 Å². The summed E-state index contributed by atoms with van der Waals surface area (Å²) in [6.45, 7) is 0. The molecule has 2 N–H and O–H groups in total. The average molecular weight is 445 g/mol. The first kappa shape index (κ1) is 22.5. The number of sulfonamides is 1. The van der Waals surface area contributed by atoms with Crippen LogP contribution in [-0.2, 0) is 30.8 Å². The number of ether oxygens (including phenoxy) is 1. The number of nitrogens with zero attached hydrogens (tertiary/aromatic N) is 1. The molecule has 31 heavy (non-hydrogen) atoms. The number of hydrogen-bond donors (Lipinski definition) is 2. The van der Waals surface area contributed by atoms with Crippen molar-refractivity contribution in [3.8, 4) is 0 Å². The Balaban J connectivity index is 1.79. The quantitative estimate of drug-likeness (QED) is 0.404. The molecule has 0 aliphatic carbocycles. The molecule has 10 heteroatoms. The van der Waals surface area contributed by atoms with Gasteiger partial charge in [0.25, 0.3) is 15.9 Å². The number of fused-ring (bicyclic) bond motifs is 1. The van der Waals surface area contributed by atoms with E-state index in [0.717, 1.165) is 20.9 Å². The van der Waals surface area contributed by atoms with Crippen LogP contribution in [-0.4, -0.2) is 57.1 Å². The van der Waals surface area contributed by atoms with Crippen LogP contribution in [0.4, 0.5) is 0 Å². The van der Waals surface area contributed by atoms with Crippen molar-refractivity contribution < 1.29 is 27.6 Å². The topological polar surface area (TPSA) is 118 Å². The lowest BCUT2D eigenvalue weighted by Gasteiger charge is -2.17. The second kappa shape index (κ2) is 9.29. The van der Waals surface area contributed by atoms with Gasteiger partial charge in [-0.1, -0.05) is 22.7 Å². The zero-order chi connectivity index (χ0) is 22.6. The molecule has 1 amide bonds. The van der Waals surface area contributed by atoms with Crippen molar-refractivity contribution in [3.05, 3.63) is 65.9 Å². The maximum Gasteiger partial charge on any atom is 0.328 e. The third-order valence-electron chi connectivity index (χ3n) is 4.90. The van der Waals surface area contributed by atoms with Crippen LogP contribution in [0.5, 0.6) is 0 Å². The lowest BCUT2D eigenvalue weighted by atomic mass is 10.0. The number of carbonyl (C=O) groups excluding carboxylic acids is 2. The molecular formula is C21H23N3O6S. The van der Waals surface area contributed by atoms with Crippen molar-refractivity contribution >= 4 is 32.8 Å². The summed E-state index contributed by atoms with van der Waals surface area (Å²) in [6, 6.07) is 12.0. The highest BCUT2D eigenvalue weighted by Crippen LogP contribution is 2.20. The molecule has 164 valence electrons. The summed E-state index contributed by atoms with van der Waals surface area (Å²) in [5.41, 5.74) is 1.98. The highest BCUT2D eigenvalue weighted by atomic mass is 32.2. The van der Waals surface area contributed by atoms with Gasteiger partial charge in [-0.15, -0.1) is 0 Å². The number of carbonyl (C=O) groups is 2. The monoisotopic (exact) mass is 445 g/mol. The van der Waals surface area contributed by atoms with E-state index in [1.807, 2.05) is 24.3 Å². The van der Waals surface area contributed by atoms with E-state index in [4.69, 9.17) is 9.57 Å². The van der Waals surface area contributed by atoms with Gasteiger partial charge < -0.3 is 15.0 Å². The fourth-order valence-electron chi connectivity index (χ4n) is 3.12. The summed E-state index contributed by atoms with van der Waals surface area (Å²) in [5, 5.41) is 3.61. The molecule has 2 aromatic carbocycles. The molecule has 3 aromatic rings. The van der Waals surface area contributed by atoms with Crippen molar-refractivity contribution in [2.45, 2.75) is 17.4 Å². The van der Waals surface area contributed by atoms with Gasteiger partial charge in [0.1, 0.15) is 6.04 Å². The van der Waals surface area contributed by atoms with Crippen molar-refractivity contribution in [1.29, 1.82) is 0 Å².